The van der Waals surface area contributed by atoms with Crippen molar-refractivity contribution >= 4 is 44.2 Å². The lowest BCUT2D eigenvalue weighted by Crippen LogP contribution is -2.07. The molecule has 0 fully saturated rings. The summed E-state index contributed by atoms with van der Waals surface area (Å²) in [6.45, 7) is 3.93. The molecule has 0 aliphatic heterocycles. The molecule has 0 atom stereocenters. The summed E-state index contributed by atoms with van der Waals surface area (Å²) in [5.74, 6) is 0.194. The fraction of sp³-hybridized carbons (Fsp3) is 0.100. The van der Waals surface area contributed by atoms with Gasteiger partial charge in [-0.3, -0.25) is 0 Å². The highest BCUT2D eigenvalue weighted by atomic mass is 79.9. The number of nitriles is 1. The van der Waals surface area contributed by atoms with Gasteiger partial charge in [0.1, 0.15) is 17.4 Å². The number of aromatic nitrogens is 2. The Morgan fingerprint density at radius 3 is 2.55 bits per heavy atom. The molecule has 1 N–H and O–H groups in total. The van der Waals surface area contributed by atoms with E-state index >= 15 is 0 Å². The lowest BCUT2D eigenvalue weighted by atomic mass is 10.1. The Balaban J connectivity index is 1.58. The van der Waals surface area contributed by atoms with Gasteiger partial charge in [-0.1, -0.05) is 34.1 Å². The smallest absolute Gasteiger partial charge is 0.340 e. The second-order valence-corrected chi connectivity index (χ2v) is 9.33. The van der Waals surface area contributed by atoms with Gasteiger partial charge in [-0.15, -0.1) is 0 Å². The molecule has 38 heavy (non-hydrogen) atoms. The SMILES string of the molecule is CCOC(=O)c1c(C)n(-c2ccc(Br)cc2)c2ccc(Oc3nccc(Nc4ccccc4)c3C#N)cc12. The van der Waals surface area contributed by atoms with Gasteiger partial charge >= 0.3 is 5.97 Å². The van der Waals surface area contributed by atoms with Crippen LogP contribution in [0.15, 0.2) is 89.5 Å². The summed E-state index contributed by atoms with van der Waals surface area (Å²) in [4.78, 5) is 17.3. The quantitative estimate of drug-likeness (QED) is 0.203. The van der Waals surface area contributed by atoms with Crippen LogP contribution in [0.1, 0.15) is 28.5 Å². The topological polar surface area (TPSA) is 89.2 Å². The number of rotatable bonds is 7. The summed E-state index contributed by atoms with van der Waals surface area (Å²) in [7, 11) is 0. The molecular weight excluding hydrogens is 544 g/mol. The second kappa shape index (κ2) is 10.8. The van der Waals surface area contributed by atoms with Gasteiger partial charge in [-0.25, -0.2) is 9.78 Å². The van der Waals surface area contributed by atoms with Crippen LogP contribution in [-0.4, -0.2) is 22.1 Å². The predicted molar refractivity (Wildman–Crippen MR) is 150 cm³/mol. The minimum Gasteiger partial charge on any atom is -0.462 e. The van der Waals surface area contributed by atoms with Gasteiger partial charge in [-0.2, -0.15) is 5.26 Å². The summed E-state index contributed by atoms with van der Waals surface area (Å²) in [6, 6.07) is 26.8. The zero-order valence-electron chi connectivity index (χ0n) is 20.7. The third kappa shape index (κ3) is 4.84. The number of hydrogen-bond donors (Lipinski definition) is 1. The van der Waals surface area contributed by atoms with Crippen LogP contribution >= 0.6 is 15.9 Å². The van der Waals surface area contributed by atoms with E-state index in [1.54, 1.807) is 31.3 Å². The van der Waals surface area contributed by atoms with Crippen molar-refractivity contribution in [2.75, 3.05) is 11.9 Å². The fourth-order valence-corrected chi connectivity index (χ4v) is 4.63. The van der Waals surface area contributed by atoms with E-state index in [-0.39, 0.29) is 18.1 Å². The highest BCUT2D eigenvalue weighted by Gasteiger charge is 2.23. The average molecular weight is 567 g/mol. The van der Waals surface area contributed by atoms with Crippen molar-refractivity contribution in [2.45, 2.75) is 13.8 Å². The Labute approximate surface area is 228 Å². The Morgan fingerprint density at radius 1 is 1.08 bits per heavy atom. The Morgan fingerprint density at radius 2 is 1.84 bits per heavy atom. The Bertz CT molecular complexity index is 1670. The molecule has 8 heteroatoms. The van der Waals surface area contributed by atoms with E-state index in [2.05, 4.69) is 32.3 Å². The van der Waals surface area contributed by atoms with Crippen molar-refractivity contribution in [1.29, 1.82) is 5.26 Å². The zero-order chi connectivity index (χ0) is 26.6. The van der Waals surface area contributed by atoms with Gasteiger partial charge in [0.2, 0.25) is 5.88 Å². The van der Waals surface area contributed by atoms with Crippen LogP contribution in [0.25, 0.3) is 16.6 Å². The summed E-state index contributed by atoms with van der Waals surface area (Å²) in [5.41, 5.74) is 4.64. The van der Waals surface area contributed by atoms with E-state index in [4.69, 9.17) is 9.47 Å². The van der Waals surface area contributed by atoms with E-state index in [1.165, 1.54) is 0 Å². The number of esters is 1. The van der Waals surface area contributed by atoms with Crippen molar-refractivity contribution in [3.63, 3.8) is 0 Å². The molecule has 0 spiro atoms. The third-order valence-electron chi connectivity index (χ3n) is 6.04. The molecule has 188 valence electrons. The molecule has 2 heterocycles. The largest absolute Gasteiger partial charge is 0.462 e. The number of anilines is 2. The van der Waals surface area contributed by atoms with Crippen LogP contribution in [-0.2, 0) is 4.74 Å². The van der Waals surface area contributed by atoms with Crippen LogP contribution < -0.4 is 10.1 Å². The van der Waals surface area contributed by atoms with Gasteiger partial charge in [0.25, 0.3) is 0 Å². The maximum absolute atomic E-state index is 13.0. The molecule has 2 aromatic heterocycles. The minimum absolute atomic E-state index is 0.162. The highest BCUT2D eigenvalue weighted by molar-refractivity contribution is 9.10. The van der Waals surface area contributed by atoms with Crippen molar-refractivity contribution in [3.05, 3.63) is 106 Å². The molecule has 0 radical (unpaired) electrons. The number of carbonyl (C=O) groups excluding carboxylic acids is 1. The Hall–Kier alpha value is -4.61. The molecule has 0 aliphatic rings. The Kier molecular flexibility index (Phi) is 7.11. The molecule has 0 aliphatic carbocycles. The van der Waals surface area contributed by atoms with Gasteiger partial charge in [0.15, 0.2) is 0 Å². The first-order valence-electron chi connectivity index (χ1n) is 12.0. The lowest BCUT2D eigenvalue weighted by Gasteiger charge is -2.12. The van der Waals surface area contributed by atoms with E-state index in [1.807, 2.05) is 72.2 Å². The summed E-state index contributed by atoms with van der Waals surface area (Å²) in [5, 5.41) is 13.8. The number of para-hydroxylation sites is 1. The van der Waals surface area contributed by atoms with Gasteiger partial charge in [0.05, 0.1) is 23.4 Å². The molecule has 0 unspecified atom stereocenters. The monoisotopic (exact) mass is 566 g/mol. The van der Waals surface area contributed by atoms with E-state index in [9.17, 15) is 10.1 Å². The molecule has 5 rings (SSSR count). The number of carbonyl (C=O) groups is 1. The first kappa shape index (κ1) is 25.1. The average Bonchev–Trinajstić information content (AvgIpc) is 3.21. The van der Waals surface area contributed by atoms with Crippen LogP contribution in [0.2, 0.25) is 0 Å². The maximum atomic E-state index is 13.0. The zero-order valence-corrected chi connectivity index (χ0v) is 22.3. The van der Waals surface area contributed by atoms with E-state index in [0.717, 1.165) is 27.1 Å². The van der Waals surface area contributed by atoms with Crippen LogP contribution in [0, 0.1) is 18.3 Å². The number of nitrogens with zero attached hydrogens (tertiary/aromatic N) is 3. The number of pyridine rings is 1. The number of hydrogen-bond acceptors (Lipinski definition) is 6. The van der Waals surface area contributed by atoms with Gasteiger partial charge in [0, 0.05) is 33.1 Å². The predicted octanol–water partition coefficient (Wildman–Crippen LogP) is 7.68. The molecule has 5 aromatic rings. The lowest BCUT2D eigenvalue weighted by molar-refractivity contribution is 0.0527. The molecule has 0 saturated carbocycles. The minimum atomic E-state index is -0.409. The van der Waals surface area contributed by atoms with Crippen molar-refractivity contribution in [1.82, 2.24) is 9.55 Å². The third-order valence-corrected chi connectivity index (χ3v) is 6.56. The summed E-state index contributed by atoms with van der Waals surface area (Å²) >= 11 is 3.48. The number of halogens is 1. The number of benzene rings is 3. The molecule has 0 saturated heterocycles. The first-order valence-corrected chi connectivity index (χ1v) is 12.8. The summed E-state index contributed by atoms with van der Waals surface area (Å²) in [6.07, 6.45) is 1.58. The van der Waals surface area contributed by atoms with Gasteiger partial charge in [-0.05, 0) is 74.5 Å². The fourth-order valence-electron chi connectivity index (χ4n) is 4.37. The number of nitrogens with one attached hydrogen (secondary N) is 1. The van der Waals surface area contributed by atoms with Crippen molar-refractivity contribution < 1.29 is 14.3 Å². The standard InChI is InChI=1S/C30H23BrN4O3/c1-3-37-30(36)28-19(2)35(22-11-9-20(31)10-12-22)27-14-13-23(17-24(27)28)38-29-25(18-32)26(15-16-33-29)34-21-7-5-4-6-8-21/h4-17H,3H2,1-2H3,(H,33,34). The van der Waals surface area contributed by atoms with Crippen LogP contribution in [0.4, 0.5) is 11.4 Å². The second-order valence-electron chi connectivity index (χ2n) is 8.42. The maximum Gasteiger partial charge on any atom is 0.340 e. The van der Waals surface area contributed by atoms with Gasteiger partial charge < -0.3 is 19.4 Å². The molecular formula is C30H23BrN4O3. The molecule has 0 amide bonds. The van der Waals surface area contributed by atoms with E-state index in [0.29, 0.717) is 22.4 Å². The van der Waals surface area contributed by atoms with Crippen molar-refractivity contribution in [2.24, 2.45) is 0 Å². The van der Waals surface area contributed by atoms with Crippen molar-refractivity contribution in [3.8, 4) is 23.4 Å². The first-order chi connectivity index (χ1) is 18.5. The molecule has 0 bridgehead atoms. The molecule has 7 nitrogen and oxygen atoms in total. The molecule has 3 aromatic carbocycles. The van der Waals surface area contributed by atoms with Crippen LogP contribution in [0.3, 0.4) is 0 Å². The van der Waals surface area contributed by atoms with E-state index < -0.39 is 5.97 Å². The van der Waals surface area contributed by atoms with Crippen LogP contribution in [0.5, 0.6) is 11.6 Å². The summed E-state index contributed by atoms with van der Waals surface area (Å²) < 4.78 is 14.5. The number of fused-ring (bicyclic) bond motifs is 1. The highest BCUT2D eigenvalue weighted by Crippen LogP contribution is 2.35. The number of ether oxygens (including phenoxy) is 2. The normalized spacial score (nSPS) is 10.7.